The Morgan fingerprint density at radius 3 is 1.35 bits per heavy atom. The normalized spacial score (nSPS) is 11.7. The molecule has 0 amide bonds. The molecule has 0 saturated carbocycles. The van der Waals surface area contributed by atoms with E-state index in [1.807, 2.05) is 29.6 Å². The second kappa shape index (κ2) is 41.9. The lowest BCUT2D eigenvalue weighted by atomic mass is 10.1. The van der Waals surface area contributed by atoms with Crippen molar-refractivity contribution in [2.45, 2.75) is 174 Å². The van der Waals surface area contributed by atoms with Gasteiger partial charge >= 0.3 is 11.9 Å². The molecule has 0 N–H and O–H groups in total. The van der Waals surface area contributed by atoms with Gasteiger partial charge in [0.25, 0.3) is 0 Å². The lowest BCUT2D eigenvalue weighted by molar-refractivity contribution is -0.143. The Hall–Kier alpha value is -1.70. The Bertz CT molecular complexity index is 974. The molecular formula is C48H83NO4S2. The van der Waals surface area contributed by atoms with Crippen molar-refractivity contribution in [3.8, 4) is 0 Å². The molecule has 0 fully saturated rings. The van der Waals surface area contributed by atoms with E-state index in [4.69, 9.17) is 9.47 Å². The molecule has 0 aliphatic carbocycles. The number of hydrogen-bond donors (Lipinski definition) is 0. The Balaban J connectivity index is 2.09. The highest BCUT2D eigenvalue weighted by molar-refractivity contribution is 7.99. The van der Waals surface area contributed by atoms with Gasteiger partial charge in [-0.15, -0.1) is 0 Å². The number of ether oxygens (including phenoxy) is 2. The maximum atomic E-state index is 12.5. The number of thioether (sulfide) groups is 2. The van der Waals surface area contributed by atoms with Crippen molar-refractivity contribution in [3.05, 3.63) is 60.2 Å². The minimum Gasteiger partial charge on any atom is -0.465 e. The van der Waals surface area contributed by atoms with Crippen LogP contribution < -0.4 is 0 Å². The number of carbonyl (C=O) groups excluding carboxylic acids is 2. The Kier molecular flexibility index (Phi) is 39.1. The van der Waals surface area contributed by atoms with Gasteiger partial charge in [-0.2, -0.15) is 23.5 Å². The molecule has 0 spiro atoms. The zero-order valence-corrected chi connectivity index (χ0v) is 37.3. The summed E-state index contributed by atoms with van der Waals surface area (Å²) in [7, 11) is 0. The van der Waals surface area contributed by atoms with Crippen molar-refractivity contribution in [2.75, 3.05) is 55.9 Å². The molecule has 1 rings (SSSR count). The van der Waals surface area contributed by atoms with E-state index in [0.29, 0.717) is 39.1 Å². The Morgan fingerprint density at radius 1 is 0.509 bits per heavy atom. The molecule has 0 bridgehead atoms. The summed E-state index contributed by atoms with van der Waals surface area (Å²) in [5, 5.41) is 0. The molecule has 1 aromatic carbocycles. The molecule has 316 valence electrons. The molecule has 0 aliphatic rings. The molecule has 1 aromatic rings. The van der Waals surface area contributed by atoms with Crippen molar-refractivity contribution in [3.63, 3.8) is 0 Å². The fourth-order valence-electron chi connectivity index (χ4n) is 6.39. The topological polar surface area (TPSA) is 55.8 Å². The Labute approximate surface area is 348 Å². The van der Waals surface area contributed by atoms with Crippen LogP contribution in [-0.4, -0.2) is 72.7 Å². The fourth-order valence-corrected chi connectivity index (χ4v) is 8.01. The van der Waals surface area contributed by atoms with Gasteiger partial charge in [0.2, 0.25) is 0 Å². The standard InChI is InChI=1S/C48H83NO4S2/c1-3-5-7-9-11-13-15-17-19-21-23-25-30-42-54-44-40-52-47(50)35-38-49(37-34-46-32-28-27-29-33-46)39-36-48(51)53-41-45-55-43-31-26-24-22-20-18-16-14-12-10-8-6-4-2/h11-14,27-29,32-33H,3-10,15-26,30-31,34-45H2,1-2H3/b13-11+,14-12+. The lowest BCUT2D eigenvalue weighted by Gasteiger charge is -2.21. The molecule has 0 radical (unpaired) electrons. The molecule has 5 nitrogen and oxygen atoms in total. The van der Waals surface area contributed by atoms with Crippen LogP contribution in [0.4, 0.5) is 0 Å². The summed E-state index contributed by atoms with van der Waals surface area (Å²) < 4.78 is 11.1. The van der Waals surface area contributed by atoms with Crippen LogP contribution in [0.15, 0.2) is 54.6 Å². The highest BCUT2D eigenvalue weighted by Crippen LogP contribution is 2.13. The van der Waals surface area contributed by atoms with Crippen molar-refractivity contribution >= 4 is 35.5 Å². The van der Waals surface area contributed by atoms with Gasteiger partial charge in [-0.1, -0.05) is 146 Å². The highest BCUT2D eigenvalue weighted by Gasteiger charge is 2.13. The quantitative estimate of drug-likeness (QED) is 0.0371. The predicted octanol–water partition coefficient (Wildman–Crippen LogP) is 13.6. The number of esters is 2. The first kappa shape index (κ1) is 51.3. The van der Waals surface area contributed by atoms with E-state index in [2.05, 4.69) is 67.3 Å². The molecule has 0 aromatic heterocycles. The largest absolute Gasteiger partial charge is 0.465 e. The summed E-state index contributed by atoms with van der Waals surface area (Å²) in [4.78, 5) is 27.3. The third-order valence-electron chi connectivity index (χ3n) is 9.91. The SMILES string of the molecule is CCCCC/C=C/CCCCCCCCSCCOC(=O)CCN(CCC(=O)OCCSCCCCCCCC/C=C/CCCCC)CCc1ccccc1. The van der Waals surface area contributed by atoms with E-state index in [0.717, 1.165) is 36.0 Å². The molecule has 0 unspecified atom stereocenters. The number of nitrogens with zero attached hydrogens (tertiary/aromatic N) is 1. The second-order valence-electron chi connectivity index (χ2n) is 15.0. The van der Waals surface area contributed by atoms with Crippen LogP contribution in [0.1, 0.15) is 174 Å². The summed E-state index contributed by atoms with van der Waals surface area (Å²) in [5.74, 6) is 3.69. The van der Waals surface area contributed by atoms with Crippen molar-refractivity contribution < 1.29 is 19.1 Å². The van der Waals surface area contributed by atoms with Crippen LogP contribution in [-0.2, 0) is 25.5 Å². The average Bonchev–Trinajstić information content (AvgIpc) is 3.20. The van der Waals surface area contributed by atoms with E-state index in [-0.39, 0.29) is 11.9 Å². The van der Waals surface area contributed by atoms with Gasteiger partial charge in [0.05, 0.1) is 12.8 Å². The Morgan fingerprint density at radius 2 is 0.909 bits per heavy atom. The van der Waals surface area contributed by atoms with Crippen LogP contribution in [0.3, 0.4) is 0 Å². The second-order valence-corrected chi connectivity index (χ2v) is 17.4. The third-order valence-corrected chi connectivity index (χ3v) is 12.0. The molecule has 7 heteroatoms. The lowest BCUT2D eigenvalue weighted by Crippen LogP contribution is -2.31. The number of rotatable bonds is 41. The number of unbranched alkanes of at least 4 members (excludes halogenated alkanes) is 18. The zero-order chi connectivity index (χ0) is 39.5. The first-order valence-corrected chi connectivity index (χ1v) is 25.0. The molecular weight excluding hydrogens is 719 g/mol. The first-order chi connectivity index (χ1) is 27.2. The monoisotopic (exact) mass is 802 g/mol. The summed E-state index contributed by atoms with van der Waals surface area (Å²) >= 11 is 3.77. The van der Waals surface area contributed by atoms with E-state index >= 15 is 0 Å². The molecule has 55 heavy (non-hydrogen) atoms. The predicted molar refractivity (Wildman–Crippen MR) is 244 cm³/mol. The minimum absolute atomic E-state index is 0.151. The van der Waals surface area contributed by atoms with Gasteiger partial charge in [0.15, 0.2) is 0 Å². The number of benzene rings is 1. The van der Waals surface area contributed by atoms with Gasteiger partial charge in [0, 0.05) is 31.1 Å². The van der Waals surface area contributed by atoms with Crippen molar-refractivity contribution in [2.24, 2.45) is 0 Å². The van der Waals surface area contributed by atoms with E-state index in [1.165, 1.54) is 147 Å². The van der Waals surface area contributed by atoms with Gasteiger partial charge < -0.3 is 14.4 Å². The maximum Gasteiger partial charge on any atom is 0.307 e. The van der Waals surface area contributed by atoms with Crippen LogP contribution in [0.25, 0.3) is 0 Å². The van der Waals surface area contributed by atoms with Gasteiger partial charge in [-0.3, -0.25) is 9.59 Å². The zero-order valence-electron chi connectivity index (χ0n) is 35.6. The minimum atomic E-state index is -0.151. The van der Waals surface area contributed by atoms with Crippen LogP contribution in [0.5, 0.6) is 0 Å². The van der Waals surface area contributed by atoms with E-state index < -0.39 is 0 Å². The molecule has 0 atom stereocenters. The number of carbonyl (C=O) groups is 2. The van der Waals surface area contributed by atoms with Crippen LogP contribution >= 0.6 is 23.5 Å². The maximum absolute atomic E-state index is 12.5. The summed E-state index contributed by atoms with van der Waals surface area (Å²) in [6.45, 7) is 7.44. The van der Waals surface area contributed by atoms with Gasteiger partial charge in [-0.05, 0) is 87.7 Å². The smallest absolute Gasteiger partial charge is 0.307 e. The van der Waals surface area contributed by atoms with Gasteiger partial charge in [0.1, 0.15) is 13.2 Å². The fraction of sp³-hybridized carbons (Fsp3) is 0.750. The van der Waals surface area contributed by atoms with Crippen molar-refractivity contribution in [1.29, 1.82) is 0 Å². The van der Waals surface area contributed by atoms with Crippen LogP contribution in [0, 0.1) is 0 Å². The molecule has 0 heterocycles. The highest BCUT2D eigenvalue weighted by atomic mass is 32.2. The van der Waals surface area contributed by atoms with Crippen LogP contribution in [0.2, 0.25) is 0 Å². The molecule has 0 saturated heterocycles. The first-order valence-electron chi connectivity index (χ1n) is 22.7. The summed E-state index contributed by atoms with van der Waals surface area (Å²) in [6.07, 6.45) is 39.7. The summed E-state index contributed by atoms with van der Waals surface area (Å²) in [6, 6.07) is 10.4. The summed E-state index contributed by atoms with van der Waals surface area (Å²) in [5.41, 5.74) is 1.26. The number of hydrogen-bond acceptors (Lipinski definition) is 7. The number of allylic oxidation sites excluding steroid dienone is 4. The van der Waals surface area contributed by atoms with E-state index in [9.17, 15) is 9.59 Å². The van der Waals surface area contributed by atoms with Gasteiger partial charge in [-0.25, -0.2) is 0 Å². The third kappa shape index (κ3) is 37.6. The average molecular weight is 802 g/mol. The molecule has 0 aliphatic heterocycles. The van der Waals surface area contributed by atoms with E-state index in [1.54, 1.807) is 0 Å². The van der Waals surface area contributed by atoms with Crippen molar-refractivity contribution in [1.82, 2.24) is 4.90 Å².